The minimum absolute atomic E-state index is 0.247. The van der Waals surface area contributed by atoms with E-state index in [-0.39, 0.29) is 10.8 Å². The lowest BCUT2D eigenvalue weighted by Crippen LogP contribution is -2.19. The van der Waals surface area contributed by atoms with Crippen molar-refractivity contribution < 1.29 is 9.05 Å². The van der Waals surface area contributed by atoms with E-state index in [2.05, 4.69) is 68.5 Å². The molecule has 2 aromatic heterocycles. The standard InChI is InChI=1S/C24H40N2O2S2/c1-20(22-10-14-26-28-22)24(4,5)12-7-16-30-18-8-17-29-15-6-11-23(2,3)19-21-9-13-25-27-21/h9-10,13-14,20H,6-8,11-12,15-19H2,1-5H3. The van der Waals surface area contributed by atoms with E-state index in [1.54, 1.807) is 12.4 Å². The number of aromatic nitrogens is 2. The molecule has 0 spiro atoms. The molecule has 0 aliphatic carbocycles. The van der Waals surface area contributed by atoms with Gasteiger partial charge in [0.05, 0.1) is 12.4 Å². The van der Waals surface area contributed by atoms with Crippen molar-refractivity contribution >= 4 is 23.5 Å². The molecule has 2 aromatic rings. The fraction of sp³-hybridized carbons (Fsp3) is 0.750. The molecule has 30 heavy (non-hydrogen) atoms. The van der Waals surface area contributed by atoms with E-state index in [4.69, 9.17) is 9.05 Å². The van der Waals surface area contributed by atoms with E-state index in [0.717, 1.165) is 17.9 Å². The quantitative estimate of drug-likeness (QED) is 0.246. The lowest BCUT2D eigenvalue weighted by molar-refractivity contribution is 0.230. The van der Waals surface area contributed by atoms with Gasteiger partial charge in [0.25, 0.3) is 0 Å². The molecule has 4 nitrogen and oxygen atoms in total. The maximum atomic E-state index is 5.36. The van der Waals surface area contributed by atoms with Gasteiger partial charge >= 0.3 is 0 Å². The summed E-state index contributed by atoms with van der Waals surface area (Å²) in [6.07, 6.45) is 10.8. The summed E-state index contributed by atoms with van der Waals surface area (Å²) in [6, 6.07) is 3.97. The Morgan fingerprint density at radius 2 is 1.43 bits per heavy atom. The molecule has 0 aliphatic rings. The maximum Gasteiger partial charge on any atom is 0.140 e. The van der Waals surface area contributed by atoms with Gasteiger partial charge in [0.1, 0.15) is 11.5 Å². The smallest absolute Gasteiger partial charge is 0.140 e. The summed E-state index contributed by atoms with van der Waals surface area (Å²) in [4.78, 5) is 0. The van der Waals surface area contributed by atoms with Gasteiger partial charge in [-0.25, -0.2) is 0 Å². The van der Waals surface area contributed by atoms with Crippen LogP contribution in [0.2, 0.25) is 0 Å². The zero-order chi connectivity index (χ0) is 21.9. The Labute approximate surface area is 191 Å². The average molecular weight is 453 g/mol. The van der Waals surface area contributed by atoms with Crippen LogP contribution in [-0.4, -0.2) is 33.3 Å². The summed E-state index contributed by atoms with van der Waals surface area (Å²) in [5.41, 5.74) is 0.534. The molecule has 0 aliphatic heterocycles. The molecule has 2 rings (SSSR count). The fourth-order valence-corrected chi connectivity index (χ4v) is 5.68. The van der Waals surface area contributed by atoms with Gasteiger partial charge in [0.2, 0.25) is 0 Å². The van der Waals surface area contributed by atoms with E-state index in [0.29, 0.717) is 5.92 Å². The van der Waals surface area contributed by atoms with E-state index < -0.39 is 0 Å². The molecule has 0 bridgehead atoms. The van der Waals surface area contributed by atoms with Crippen LogP contribution >= 0.6 is 23.5 Å². The van der Waals surface area contributed by atoms with Crippen LogP contribution in [0.1, 0.15) is 84.2 Å². The largest absolute Gasteiger partial charge is 0.361 e. The van der Waals surface area contributed by atoms with Crippen LogP contribution in [0, 0.1) is 10.8 Å². The predicted molar refractivity (Wildman–Crippen MR) is 130 cm³/mol. The highest BCUT2D eigenvalue weighted by Crippen LogP contribution is 2.39. The summed E-state index contributed by atoms with van der Waals surface area (Å²) < 4.78 is 10.6. The summed E-state index contributed by atoms with van der Waals surface area (Å²) in [7, 11) is 0. The molecule has 1 atom stereocenters. The van der Waals surface area contributed by atoms with Crippen molar-refractivity contribution in [2.45, 2.75) is 79.1 Å². The number of hydrogen-bond acceptors (Lipinski definition) is 6. The van der Waals surface area contributed by atoms with Gasteiger partial charge in [0, 0.05) is 24.5 Å². The normalized spacial score (nSPS) is 13.6. The highest BCUT2D eigenvalue weighted by Gasteiger charge is 2.28. The highest BCUT2D eigenvalue weighted by molar-refractivity contribution is 8.00. The Morgan fingerprint density at radius 1 is 0.833 bits per heavy atom. The minimum atomic E-state index is 0.247. The van der Waals surface area contributed by atoms with Crippen LogP contribution < -0.4 is 0 Å². The molecule has 0 fully saturated rings. The van der Waals surface area contributed by atoms with Gasteiger partial charge in [-0.1, -0.05) is 44.9 Å². The summed E-state index contributed by atoms with van der Waals surface area (Å²) in [5.74, 6) is 7.49. The van der Waals surface area contributed by atoms with E-state index in [9.17, 15) is 0 Å². The summed E-state index contributed by atoms with van der Waals surface area (Å²) in [5, 5.41) is 7.66. The minimum Gasteiger partial charge on any atom is -0.361 e. The predicted octanol–water partition coefficient (Wildman–Crippen LogP) is 7.48. The van der Waals surface area contributed by atoms with Crippen molar-refractivity contribution in [1.29, 1.82) is 0 Å². The van der Waals surface area contributed by atoms with Gasteiger partial charge in [-0.15, -0.1) is 0 Å². The lowest BCUT2D eigenvalue weighted by atomic mass is 9.75. The van der Waals surface area contributed by atoms with Gasteiger partial charge in [-0.05, 0) is 65.9 Å². The first-order valence-corrected chi connectivity index (χ1v) is 13.6. The third-order valence-electron chi connectivity index (χ3n) is 6.03. The Bertz CT molecular complexity index is 669. The van der Waals surface area contributed by atoms with Crippen molar-refractivity contribution in [3.63, 3.8) is 0 Å². The molecular weight excluding hydrogens is 412 g/mol. The van der Waals surface area contributed by atoms with Crippen molar-refractivity contribution in [1.82, 2.24) is 10.3 Å². The summed E-state index contributed by atoms with van der Waals surface area (Å²) in [6.45, 7) is 11.6. The summed E-state index contributed by atoms with van der Waals surface area (Å²) >= 11 is 4.21. The number of rotatable bonds is 16. The average Bonchev–Trinajstić information content (AvgIpc) is 3.39. The van der Waals surface area contributed by atoms with E-state index in [1.807, 2.05) is 12.1 Å². The van der Waals surface area contributed by atoms with Crippen molar-refractivity contribution in [2.75, 3.05) is 23.0 Å². The number of thioether (sulfide) groups is 2. The second-order valence-electron chi connectivity index (χ2n) is 9.73. The van der Waals surface area contributed by atoms with Crippen LogP contribution in [0.15, 0.2) is 33.6 Å². The molecule has 0 amide bonds. The molecule has 0 saturated heterocycles. The fourth-order valence-electron chi connectivity index (χ4n) is 3.69. The third-order valence-corrected chi connectivity index (χ3v) is 8.34. The number of hydrogen-bond donors (Lipinski definition) is 0. The molecule has 0 aromatic carbocycles. The zero-order valence-electron chi connectivity index (χ0n) is 19.5. The number of nitrogens with zero attached hydrogens (tertiary/aromatic N) is 2. The van der Waals surface area contributed by atoms with Crippen molar-refractivity contribution in [3.05, 3.63) is 36.0 Å². The Morgan fingerprint density at radius 3 is 2.03 bits per heavy atom. The van der Waals surface area contributed by atoms with Crippen LogP contribution in [0.4, 0.5) is 0 Å². The monoisotopic (exact) mass is 452 g/mol. The Balaban J connectivity index is 1.43. The van der Waals surface area contributed by atoms with Crippen LogP contribution in [0.5, 0.6) is 0 Å². The SMILES string of the molecule is CC(c1ccno1)C(C)(C)CCCSCCCSCCCC(C)(C)Cc1ccno1. The second kappa shape index (κ2) is 12.8. The van der Waals surface area contributed by atoms with E-state index >= 15 is 0 Å². The van der Waals surface area contributed by atoms with Gasteiger partial charge in [-0.3, -0.25) is 0 Å². The first-order chi connectivity index (χ1) is 14.3. The first-order valence-electron chi connectivity index (χ1n) is 11.3. The van der Waals surface area contributed by atoms with Crippen LogP contribution in [0.25, 0.3) is 0 Å². The highest BCUT2D eigenvalue weighted by atomic mass is 32.2. The molecule has 0 radical (unpaired) electrons. The lowest BCUT2D eigenvalue weighted by Gasteiger charge is -2.30. The van der Waals surface area contributed by atoms with E-state index in [1.165, 1.54) is 55.1 Å². The zero-order valence-corrected chi connectivity index (χ0v) is 21.1. The van der Waals surface area contributed by atoms with Gasteiger partial charge in [0.15, 0.2) is 0 Å². The van der Waals surface area contributed by atoms with Crippen molar-refractivity contribution in [2.24, 2.45) is 10.8 Å². The Kier molecular flexibility index (Phi) is 10.9. The molecule has 0 saturated carbocycles. The topological polar surface area (TPSA) is 52.1 Å². The Hall–Kier alpha value is -0.880. The molecular formula is C24H40N2O2S2. The van der Waals surface area contributed by atoms with Gasteiger partial charge in [-0.2, -0.15) is 23.5 Å². The molecule has 1 unspecified atom stereocenters. The maximum absolute atomic E-state index is 5.36. The van der Waals surface area contributed by atoms with Crippen LogP contribution in [-0.2, 0) is 6.42 Å². The second-order valence-corrected chi connectivity index (χ2v) is 12.2. The molecule has 170 valence electrons. The molecule has 2 heterocycles. The van der Waals surface area contributed by atoms with Crippen LogP contribution in [0.3, 0.4) is 0 Å². The molecule has 0 N–H and O–H groups in total. The van der Waals surface area contributed by atoms with Crippen molar-refractivity contribution in [3.8, 4) is 0 Å². The first kappa shape index (κ1) is 25.4. The van der Waals surface area contributed by atoms with Gasteiger partial charge < -0.3 is 9.05 Å². The molecule has 6 heteroatoms. The third kappa shape index (κ3) is 9.51.